The van der Waals surface area contributed by atoms with E-state index >= 15 is 0 Å². The number of anilines is 1. The average Bonchev–Trinajstić information content (AvgIpc) is 3.44. The number of aliphatic hydroxyl groups excluding tert-OH is 1. The lowest BCUT2D eigenvalue weighted by Crippen LogP contribution is -2.30. The van der Waals surface area contributed by atoms with Crippen LogP contribution < -0.4 is 9.64 Å². The van der Waals surface area contributed by atoms with Crippen LogP contribution in [0.15, 0.2) is 76.8 Å². The van der Waals surface area contributed by atoms with Crippen LogP contribution in [0.1, 0.15) is 54.0 Å². The Morgan fingerprint density at radius 3 is 2.26 bits per heavy atom. The van der Waals surface area contributed by atoms with Gasteiger partial charge in [0.1, 0.15) is 17.3 Å². The van der Waals surface area contributed by atoms with E-state index in [2.05, 4.69) is 29.2 Å². The Balaban J connectivity index is 1.59. The predicted molar refractivity (Wildman–Crippen MR) is 140 cm³/mol. The Hall–Kier alpha value is -4.79. The molecule has 1 N–H and O–H groups in total. The molecule has 9 nitrogen and oxygen atoms in total. The van der Waals surface area contributed by atoms with Gasteiger partial charge in [0.05, 0.1) is 17.3 Å². The zero-order chi connectivity index (χ0) is 27.0. The number of Topliss-reactive ketones (excluding diaryl/α,β-unsaturated/α-hetero) is 1. The van der Waals surface area contributed by atoms with Gasteiger partial charge in [-0.3, -0.25) is 14.5 Å². The van der Waals surface area contributed by atoms with Crippen LogP contribution in [0.4, 0.5) is 5.82 Å². The van der Waals surface area contributed by atoms with Gasteiger partial charge >= 0.3 is 5.91 Å². The number of aryl methyl sites for hydroxylation is 2. The summed E-state index contributed by atoms with van der Waals surface area (Å²) in [6.45, 7) is 7.68. The summed E-state index contributed by atoms with van der Waals surface area (Å²) in [6.07, 6.45) is 0. The van der Waals surface area contributed by atoms with Crippen molar-refractivity contribution in [2.75, 3.05) is 4.90 Å². The highest BCUT2D eigenvalue weighted by molar-refractivity contribution is 6.51. The van der Waals surface area contributed by atoms with Gasteiger partial charge in [0, 0.05) is 11.6 Å². The minimum absolute atomic E-state index is 0.0320. The lowest BCUT2D eigenvalue weighted by atomic mass is 9.94. The number of aromatic nitrogens is 3. The van der Waals surface area contributed by atoms with E-state index in [1.165, 1.54) is 4.90 Å². The number of benzene rings is 2. The smallest absolute Gasteiger partial charge is 0.301 e. The van der Waals surface area contributed by atoms with E-state index in [0.29, 0.717) is 40.1 Å². The number of ether oxygens (including phenoxy) is 1. The lowest BCUT2D eigenvalue weighted by molar-refractivity contribution is -0.132. The van der Waals surface area contributed by atoms with Crippen molar-refractivity contribution >= 4 is 23.3 Å². The quantitative estimate of drug-likeness (QED) is 0.202. The summed E-state index contributed by atoms with van der Waals surface area (Å²) in [5.74, 6) is 0.0486. The maximum Gasteiger partial charge on any atom is 0.301 e. The number of hydrogen-bond donors (Lipinski definition) is 1. The second kappa shape index (κ2) is 9.93. The SMILES string of the molecule is Cc1ccc(N2C(=O)C(=O)/C(=C(\O)c3ccc(C(C)C)cc3)C2c2ccc(Oc3cc(C)on3)cc2)nn1. The second-order valence-electron chi connectivity index (χ2n) is 9.43. The van der Waals surface area contributed by atoms with Crippen LogP contribution in [-0.4, -0.2) is 32.2 Å². The van der Waals surface area contributed by atoms with Gasteiger partial charge in [-0.1, -0.05) is 50.2 Å². The van der Waals surface area contributed by atoms with Crippen LogP contribution in [0.3, 0.4) is 0 Å². The Kier molecular flexibility index (Phi) is 6.50. The Bertz CT molecular complexity index is 1520. The fraction of sp³-hybridized carbons (Fsp3) is 0.207. The summed E-state index contributed by atoms with van der Waals surface area (Å²) in [5, 5.41) is 23.4. The first-order chi connectivity index (χ1) is 18.2. The molecule has 0 aliphatic carbocycles. The largest absolute Gasteiger partial charge is 0.507 e. The van der Waals surface area contributed by atoms with Gasteiger partial charge in [0.2, 0.25) is 0 Å². The zero-order valence-corrected chi connectivity index (χ0v) is 21.4. The van der Waals surface area contributed by atoms with E-state index in [9.17, 15) is 14.7 Å². The zero-order valence-electron chi connectivity index (χ0n) is 21.4. The number of carbonyl (C=O) groups excluding carboxylic acids is 2. The first kappa shape index (κ1) is 24.9. The number of amides is 1. The number of nitrogens with zero attached hydrogens (tertiary/aromatic N) is 4. The summed E-state index contributed by atoms with van der Waals surface area (Å²) in [6, 6.07) is 18.2. The fourth-order valence-electron chi connectivity index (χ4n) is 4.32. The van der Waals surface area contributed by atoms with Gasteiger partial charge in [-0.05, 0) is 60.3 Å². The van der Waals surface area contributed by atoms with Gasteiger partial charge < -0.3 is 14.4 Å². The highest BCUT2D eigenvalue weighted by Gasteiger charge is 2.47. The van der Waals surface area contributed by atoms with E-state index in [1.54, 1.807) is 68.4 Å². The molecule has 1 unspecified atom stereocenters. The van der Waals surface area contributed by atoms with Crippen molar-refractivity contribution in [2.24, 2.45) is 0 Å². The topological polar surface area (TPSA) is 119 Å². The van der Waals surface area contributed by atoms with Gasteiger partial charge in [-0.2, -0.15) is 5.10 Å². The molecule has 3 heterocycles. The molecule has 38 heavy (non-hydrogen) atoms. The molecule has 1 atom stereocenters. The minimum atomic E-state index is -0.930. The van der Waals surface area contributed by atoms with Crippen LogP contribution in [-0.2, 0) is 9.59 Å². The number of hydrogen-bond acceptors (Lipinski definition) is 8. The van der Waals surface area contributed by atoms with Crippen LogP contribution >= 0.6 is 0 Å². The Labute approximate surface area is 219 Å². The first-order valence-electron chi connectivity index (χ1n) is 12.2. The molecular weight excluding hydrogens is 484 g/mol. The van der Waals surface area contributed by atoms with Gasteiger partial charge in [0.15, 0.2) is 5.82 Å². The number of aliphatic hydroxyl groups is 1. The van der Waals surface area contributed by atoms with Crippen LogP contribution in [0.25, 0.3) is 5.76 Å². The molecule has 2 aromatic heterocycles. The van der Waals surface area contributed by atoms with Crippen LogP contribution in [0.2, 0.25) is 0 Å². The van der Waals surface area contributed by atoms with Crippen LogP contribution in [0.5, 0.6) is 11.6 Å². The van der Waals surface area contributed by atoms with Crippen molar-refractivity contribution in [3.8, 4) is 11.6 Å². The molecule has 4 aromatic rings. The Morgan fingerprint density at radius 2 is 1.68 bits per heavy atom. The molecular formula is C29H26N4O5. The molecule has 0 saturated carbocycles. The summed E-state index contributed by atoms with van der Waals surface area (Å²) < 4.78 is 10.8. The molecule has 192 valence electrons. The van der Waals surface area contributed by atoms with Crippen molar-refractivity contribution in [1.82, 2.24) is 15.4 Å². The van der Waals surface area contributed by atoms with E-state index in [-0.39, 0.29) is 17.2 Å². The van der Waals surface area contributed by atoms with Crippen molar-refractivity contribution < 1.29 is 24.0 Å². The normalized spacial score (nSPS) is 16.9. The predicted octanol–water partition coefficient (Wildman–Crippen LogP) is 5.62. The molecule has 0 radical (unpaired) electrons. The highest BCUT2D eigenvalue weighted by Crippen LogP contribution is 2.42. The first-order valence-corrected chi connectivity index (χ1v) is 12.2. The molecule has 5 rings (SSSR count). The maximum absolute atomic E-state index is 13.3. The fourth-order valence-corrected chi connectivity index (χ4v) is 4.32. The van der Waals surface area contributed by atoms with Crippen molar-refractivity contribution in [3.63, 3.8) is 0 Å². The molecule has 9 heteroatoms. The average molecular weight is 511 g/mol. The molecule has 1 aliphatic heterocycles. The molecule has 1 aliphatic rings. The molecule has 0 spiro atoms. The summed E-state index contributed by atoms with van der Waals surface area (Å²) in [7, 11) is 0. The van der Waals surface area contributed by atoms with Crippen molar-refractivity contribution in [3.05, 3.63) is 100 Å². The molecule has 0 bridgehead atoms. The van der Waals surface area contributed by atoms with E-state index in [1.807, 2.05) is 12.1 Å². The highest BCUT2D eigenvalue weighted by atomic mass is 16.5. The van der Waals surface area contributed by atoms with Crippen LogP contribution in [0, 0.1) is 13.8 Å². The van der Waals surface area contributed by atoms with E-state index in [0.717, 1.165) is 5.56 Å². The van der Waals surface area contributed by atoms with Gasteiger partial charge in [0.25, 0.3) is 11.7 Å². The van der Waals surface area contributed by atoms with E-state index in [4.69, 9.17) is 9.26 Å². The third kappa shape index (κ3) is 4.66. The second-order valence-corrected chi connectivity index (χ2v) is 9.43. The standard InChI is InChI=1S/C29H26N4O5/c1-16(2)19-6-8-21(9-7-19)27(34)25-26(33(29(36)28(25)35)23-14-5-17(3)30-31-23)20-10-12-22(13-11-20)37-24-15-18(4)38-32-24/h5-16,26,34H,1-4H3/b27-25-. The number of ketones is 1. The minimum Gasteiger partial charge on any atom is -0.507 e. The summed E-state index contributed by atoms with van der Waals surface area (Å²) >= 11 is 0. The number of carbonyl (C=O) groups is 2. The van der Waals surface area contributed by atoms with Crippen molar-refractivity contribution in [1.29, 1.82) is 0 Å². The third-order valence-corrected chi connectivity index (χ3v) is 6.35. The lowest BCUT2D eigenvalue weighted by Gasteiger charge is -2.24. The molecule has 1 saturated heterocycles. The Morgan fingerprint density at radius 1 is 0.974 bits per heavy atom. The van der Waals surface area contributed by atoms with Crippen molar-refractivity contribution in [2.45, 2.75) is 39.7 Å². The monoisotopic (exact) mass is 510 g/mol. The maximum atomic E-state index is 13.3. The van der Waals surface area contributed by atoms with Gasteiger partial charge in [-0.25, -0.2) is 0 Å². The van der Waals surface area contributed by atoms with Gasteiger partial charge in [-0.15, -0.1) is 5.10 Å². The third-order valence-electron chi connectivity index (χ3n) is 6.35. The van der Waals surface area contributed by atoms with E-state index < -0.39 is 17.7 Å². The molecule has 2 aromatic carbocycles. The molecule has 1 fully saturated rings. The number of rotatable bonds is 6. The summed E-state index contributed by atoms with van der Waals surface area (Å²) in [5.41, 5.74) is 2.74. The molecule has 1 amide bonds. The summed E-state index contributed by atoms with van der Waals surface area (Å²) in [4.78, 5) is 27.9.